The first-order valence-electron chi connectivity index (χ1n) is 6.64. The van der Waals surface area contributed by atoms with Gasteiger partial charge in [0.1, 0.15) is 0 Å². The molecule has 3 heteroatoms. The Bertz CT molecular complexity index is 665. The van der Waals surface area contributed by atoms with Gasteiger partial charge in [-0.3, -0.25) is 4.79 Å². The molecular weight excluding hydrogens is 264 g/mol. The number of carbonyl (C=O) groups excluding carboxylic acids is 1. The van der Waals surface area contributed by atoms with Crippen LogP contribution in [0.4, 0.5) is 0 Å². The molecule has 0 radical (unpaired) electrons. The number of Topliss-reactive ketones (excluding diaryl/α,β-unsaturated/α-hetero) is 1. The van der Waals surface area contributed by atoms with E-state index in [1.54, 1.807) is 24.3 Å². The predicted octanol–water partition coefficient (Wildman–Crippen LogP) is 3.52. The SMILES string of the molecule is Cc1ccc(CC(=O)c2ccc(C=CC(=O)O)cc2)cc1. The highest BCUT2D eigenvalue weighted by molar-refractivity contribution is 5.97. The molecule has 0 aliphatic rings. The molecule has 106 valence electrons. The van der Waals surface area contributed by atoms with Gasteiger partial charge in [-0.15, -0.1) is 0 Å². The third-order valence-corrected chi connectivity index (χ3v) is 3.14. The standard InChI is InChI=1S/C18H16O3/c1-13-2-4-15(5-3-13)12-17(19)16-9-6-14(7-10-16)8-11-18(20)21/h2-11H,12H2,1H3,(H,20,21). The molecule has 2 rings (SSSR count). The van der Waals surface area contributed by atoms with Gasteiger partial charge in [-0.05, 0) is 24.1 Å². The quantitative estimate of drug-likeness (QED) is 0.673. The summed E-state index contributed by atoms with van der Waals surface area (Å²) in [5.41, 5.74) is 3.54. The van der Waals surface area contributed by atoms with Crippen molar-refractivity contribution in [1.29, 1.82) is 0 Å². The van der Waals surface area contributed by atoms with E-state index in [0.717, 1.165) is 17.2 Å². The van der Waals surface area contributed by atoms with Crippen molar-refractivity contribution in [3.05, 3.63) is 76.9 Å². The summed E-state index contributed by atoms with van der Waals surface area (Å²) < 4.78 is 0. The molecule has 0 atom stereocenters. The maximum Gasteiger partial charge on any atom is 0.328 e. The fraction of sp³-hybridized carbons (Fsp3) is 0.111. The van der Waals surface area contributed by atoms with Crippen LogP contribution in [0.5, 0.6) is 0 Å². The average molecular weight is 280 g/mol. The molecule has 3 nitrogen and oxygen atoms in total. The van der Waals surface area contributed by atoms with Crippen LogP contribution in [0.2, 0.25) is 0 Å². The van der Waals surface area contributed by atoms with Crippen LogP contribution in [-0.2, 0) is 11.2 Å². The van der Waals surface area contributed by atoms with E-state index in [1.807, 2.05) is 31.2 Å². The molecule has 0 aromatic heterocycles. The van der Waals surface area contributed by atoms with Crippen molar-refractivity contribution in [3.8, 4) is 0 Å². The smallest absolute Gasteiger partial charge is 0.328 e. The van der Waals surface area contributed by atoms with Crippen LogP contribution in [0.1, 0.15) is 27.0 Å². The van der Waals surface area contributed by atoms with Crippen LogP contribution in [0.3, 0.4) is 0 Å². The molecule has 0 fully saturated rings. The number of aryl methyl sites for hydroxylation is 1. The van der Waals surface area contributed by atoms with Gasteiger partial charge in [-0.1, -0.05) is 54.1 Å². The molecule has 0 saturated carbocycles. The van der Waals surface area contributed by atoms with Gasteiger partial charge in [0, 0.05) is 18.1 Å². The molecule has 0 unspecified atom stereocenters. The lowest BCUT2D eigenvalue weighted by Gasteiger charge is -2.03. The Kier molecular flexibility index (Phi) is 4.67. The summed E-state index contributed by atoms with van der Waals surface area (Å²) >= 11 is 0. The minimum Gasteiger partial charge on any atom is -0.478 e. The largest absolute Gasteiger partial charge is 0.478 e. The third kappa shape index (κ3) is 4.42. The molecule has 2 aromatic rings. The molecule has 21 heavy (non-hydrogen) atoms. The molecule has 1 N–H and O–H groups in total. The summed E-state index contributed by atoms with van der Waals surface area (Å²) in [6.45, 7) is 2.01. The van der Waals surface area contributed by atoms with Gasteiger partial charge in [0.25, 0.3) is 0 Å². The average Bonchev–Trinajstić information content (AvgIpc) is 2.48. The molecular formula is C18H16O3. The maximum absolute atomic E-state index is 12.2. The van der Waals surface area contributed by atoms with Crippen molar-refractivity contribution in [2.75, 3.05) is 0 Å². The highest BCUT2D eigenvalue weighted by atomic mass is 16.4. The number of carboxylic acids is 1. The number of ketones is 1. The van der Waals surface area contributed by atoms with Gasteiger partial charge < -0.3 is 5.11 Å². The molecule has 0 saturated heterocycles. The molecule has 0 aliphatic heterocycles. The normalized spacial score (nSPS) is 10.7. The van der Waals surface area contributed by atoms with E-state index in [2.05, 4.69) is 0 Å². The highest BCUT2D eigenvalue weighted by Crippen LogP contribution is 2.11. The Morgan fingerprint density at radius 1 is 1.00 bits per heavy atom. The van der Waals surface area contributed by atoms with Crippen LogP contribution < -0.4 is 0 Å². The fourth-order valence-corrected chi connectivity index (χ4v) is 1.94. The maximum atomic E-state index is 12.2. The summed E-state index contributed by atoms with van der Waals surface area (Å²) in [5.74, 6) is -0.942. The summed E-state index contributed by atoms with van der Waals surface area (Å²) in [6, 6.07) is 14.8. The predicted molar refractivity (Wildman–Crippen MR) is 82.3 cm³/mol. The second-order valence-electron chi connectivity index (χ2n) is 4.88. The zero-order chi connectivity index (χ0) is 15.2. The third-order valence-electron chi connectivity index (χ3n) is 3.14. The topological polar surface area (TPSA) is 54.4 Å². The second kappa shape index (κ2) is 6.66. The van der Waals surface area contributed by atoms with E-state index < -0.39 is 5.97 Å². The van der Waals surface area contributed by atoms with E-state index in [1.165, 1.54) is 11.6 Å². The van der Waals surface area contributed by atoms with Crippen molar-refractivity contribution < 1.29 is 14.7 Å². The summed E-state index contributed by atoms with van der Waals surface area (Å²) in [4.78, 5) is 22.6. The van der Waals surface area contributed by atoms with Gasteiger partial charge >= 0.3 is 5.97 Å². The van der Waals surface area contributed by atoms with Crippen LogP contribution in [0, 0.1) is 6.92 Å². The lowest BCUT2D eigenvalue weighted by Crippen LogP contribution is -2.03. The zero-order valence-corrected chi connectivity index (χ0v) is 11.7. The zero-order valence-electron chi connectivity index (χ0n) is 11.7. The Morgan fingerprint density at radius 3 is 2.19 bits per heavy atom. The van der Waals surface area contributed by atoms with Gasteiger partial charge in [-0.2, -0.15) is 0 Å². The van der Waals surface area contributed by atoms with Crippen LogP contribution >= 0.6 is 0 Å². The molecule has 0 bridgehead atoms. The van der Waals surface area contributed by atoms with Crippen LogP contribution in [0.15, 0.2) is 54.6 Å². The number of benzene rings is 2. The van der Waals surface area contributed by atoms with E-state index in [4.69, 9.17) is 5.11 Å². The lowest BCUT2D eigenvalue weighted by molar-refractivity contribution is -0.131. The van der Waals surface area contributed by atoms with Crippen molar-refractivity contribution >= 4 is 17.8 Å². The Morgan fingerprint density at radius 2 is 1.62 bits per heavy atom. The highest BCUT2D eigenvalue weighted by Gasteiger charge is 2.06. The summed E-state index contributed by atoms with van der Waals surface area (Å²) in [6.07, 6.45) is 2.93. The van der Waals surface area contributed by atoms with Crippen LogP contribution in [0.25, 0.3) is 6.08 Å². The molecule has 2 aromatic carbocycles. The summed E-state index contributed by atoms with van der Waals surface area (Å²) in [7, 11) is 0. The van der Waals surface area contributed by atoms with E-state index >= 15 is 0 Å². The van der Waals surface area contributed by atoms with Gasteiger partial charge in [-0.25, -0.2) is 4.79 Å². The van der Waals surface area contributed by atoms with Crippen molar-refractivity contribution in [1.82, 2.24) is 0 Å². The minimum absolute atomic E-state index is 0.0487. The van der Waals surface area contributed by atoms with Crippen molar-refractivity contribution in [2.24, 2.45) is 0 Å². The van der Waals surface area contributed by atoms with Gasteiger partial charge in [0.05, 0.1) is 0 Å². The first-order chi connectivity index (χ1) is 10.0. The van der Waals surface area contributed by atoms with Crippen LogP contribution in [-0.4, -0.2) is 16.9 Å². The number of aliphatic carboxylic acids is 1. The molecule has 0 heterocycles. The number of hydrogen-bond donors (Lipinski definition) is 1. The Labute approximate surface area is 123 Å². The molecule has 0 spiro atoms. The fourth-order valence-electron chi connectivity index (χ4n) is 1.94. The summed E-state index contributed by atoms with van der Waals surface area (Å²) in [5, 5.41) is 8.56. The number of carboxylic acid groups (broad SMARTS) is 1. The van der Waals surface area contributed by atoms with Gasteiger partial charge in [0.2, 0.25) is 0 Å². The first-order valence-corrected chi connectivity index (χ1v) is 6.64. The van der Waals surface area contributed by atoms with E-state index in [-0.39, 0.29) is 5.78 Å². The monoisotopic (exact) mass is 280 g/mol. The lowest BCUT2D eigenvalue weighted by atomic mass is 10.0. The molecule has 0 amide bonds. The second-order valence-corrected chi connectivity index (χ2v) is 4.88. The number of hydrogen-bond acceptors (Lipinski definition) is 2. The van der Waals surface area contributed by atoms with Crippen molar-refractivity contribution in [3.63, 3.8) is 0 Å². The first kappa shape index (κ1) is 14.7. The van der Waals surface area contributed by atoms with E-state index in [9.17, 15) is 9.59 Å². The Hall–Kier alpha value is -2.68. The molecule has 0 aliphatic carbocycles. The van der Waals surface area contributed by atoms with E-state index in [0.29, 0.717) is 12.0 Å². The minimum atomic E-state index is -0.991. The number of rotatable bonds is 5. The number of carbonyl (C=O) groups is 2. The Balaban J connectivity index is 2.06. The van der Waals surface area contributed by atoms with Crippen molar-refractivity contribution in [2.45, 2.75) is 13.3 Å². The van der Waals surface area contributed by atoms with Gasteiger partial charge in [0.15, 0.2) is 5.78 Å².